The van der Waals surface area contributed by atoms with Crippen molar-refractivity contribution in [3.63, 3.8) is 0 Å². The zero-order valence-corrected chi connectivity index (χ0v) is 14.5. The molecule has 0 bridgehead atoms. The number of aliphatic carboxylic acids is 1. The van der Waals surface area contributed by atoms with Crippen LogP contribution in [-0.2, 0) is 4.79 Å². The SMILES string of the molecule is CC(O)C(NC(=O)N[C@@H](CCCCN)c1nnc([C@@H](N)CO)o1)C(=O)O. The van der Waals surface area contributed by atoms with E-state index in [0.717, 1.165) is 0 Å². The van der Waals surface area contributed by atoms with Gasteiger partial charge < -0.3 is 41.8 Å². The molecule has 0 aliphatic rings. The van der Waals surface area contributed by atoms with Crippen LogP contribution in [0.15, 0.2) is 4.42 Å². The van der Waals surface area contributed by atoms with E-state index in [4.69, 9.17) is 26.1 Å². The number of aliphatic hydroxyl groups is 2. The van der Waals surface area contributed by atoms with Crippen LogP contribution in [0.25, 0.3) is 0 Å². The van der Waals surface area contributed by atoms with Crippen LogP contribution in [0.1, 0.15) is 50.1 Å². The summed E-state index contributed by atoms with van der Waals surface area (Å²) >= 11 is 0. The minimum Gasteiger partial charge on any atom is -0.480 e. The average molecular weight is 374 g/mol. The van der Waals surface area contributed by atoms with Crippen LogP contribution in [0, 0.1) is 0 Å². The number of amides is 2. The van der Waals surface area contributed by atoms with Crippen molar-refractivity contribution < 1.29 is 29.3 Å². The first kappa shape index (κ1) is 21.8. The van der Waals surface area contributed by atoms with Crippen LogP contribution >= 0.6 is 0 Å². The molecule has 2 unspecified atom stereocenters. The highest BCUT2D eigenvalue weighted by molar-refractivity contribution is 5.83. The molecule has 1 rings (SSSR count). The lowest BCUT2D eigenvalue weighted by atomic mass is 10.1. The van der Waals surface area contributed by atoms with E-state index in [-0.39, 0.29) is 18.4 Å². The molecule has 26 heavy (non-hydrogen) atoms. The summed E-state index contributed by atoms with van der Waals surface area (Å²) in [5.41, 5.74) is 11.1. The van der Waals surface area contributed by atoms with E-state index in [0.29, 0.717) is 25.8 Å². The minimum absolute atomic E-state index is 0.0147. The summed E-state index contributed by atoms with van der Waals surface area (Å²) in [4.78, 5) is 23.2. The summed E-state index contributed by atoms with van der Waals surface area (Å²) in [7, 11) is 0. The molecule has 0 spiro atoms. The van der Waals surface area contributed by atoms with Gasteiger partial charge in [-0.2, -0.15) is 0 Å². The van der Waals surface area contributed by atoms with Gasteiger partial charge >= 0.3 is 12.0 Å². The van der Waals surface area contributed by atoms with Crippen molar-refractivity contribution >= 4 is 12.0 Å². The topological polar surface area (TPSA) is 210 Å². The summed E-state index contributed by atoms with van der Waals surface area (Å²) < 4.78 is 5.38. The number of rotatable bonds is 11. The van der Waals surface area contributed by atoms with E-state index in [2.05, 4.69) is 20.8 Å². The molecule has 9 N–H and O–H groups in total. The van der Waals surface area contributed by atoms with Gasteiger partial charge in [0.25, 0.3) is 0 Å². The number of hydrogen-bond donors (Lipinski definition) is 7. The lowest BCUT2D eigenvalue weighted by Crippen LogP contribution is -2.51. The predicted molar refractivity (Wildman–Crippen MR) is 88.7 cm³/mol. The molecule has 0 aromatic carbocycles. The molecular weight excluding hydrogens is 348 g/mol. The first-order valence-corrected chi connectivity index (χ1v) is 8.17. The smallest absolute Gasteiger partial charge is 0.328 e. The number of carboxylic acids is 1. The number of nitrogens with one attached hydrogen (secondary N) is 2. The minimum atomic E-state index is -1.47. The lowest BCUT2D eigenvalue weighted by molar-refractivity contribution is -0.141. The predicted octanol–water partition coefficient (Wildman–Crippen LogP) is -1.63. The van der Waals surface area contributed by atoms with Crippen molar-refractivity contribution in [3.8, 4) is 0 Å². The average Bonchev–Trinajstić information content (AvgIpc) is 3.07. The second kappa shape index (κ2) is 10.7. The number of unbranched alkanes of at least 4 members (excludes halogenated alkanes) is 1. The van der Waals surface area contributed by atoms with Crippen LogP contribution in [0.2, 0.25) is 0 Å². The first-order valence-electron chi connectivity index (χ1n) is 8.17. The molecule has 1 aromatic rings. The van der Waals surface area contributed by atoms with Gasteiger partial charge in [0.15, 0.2) is 6.04 Å². The molecule has 0 fully saturated rings. The molecule has 2 amide bonds. The molecule has 148 valence electrons. The van der Waals surface area contributed by atoms with E-state index in [1.54, 1.807) is 0 Å². The van der Waals surface area contributed by atoms with Crippen LogP contribution in [0.5, 0.6) is 0 Å². The van der Waals surface area contributed by atoms with Crippen molar-refractivity contribution in [1.29, 1.82) is 0 Å². The Morgan fingerprint density at radius 3 is 2.42 bits per heavy atom. The third kappa shape index (κ3) is 6.55. The monoisotopic (exact) mass is 374 g/mol. The zero-order valence-electron chi connectivity index (χ0n) is 14.5. The molecule has 0 saturated carbocycles. The molecule has 12 nitrogen and oxygen atoms in total. The largest absolute Gasteiger partial charge is 0.480 e. The van der Waals surface area contributed by atoms with Gasteiger partial charge in [-0.15, -0.1) is 10.2 Å². The van der Waals surface area contributed by atoms with Gasteiger partial charge in [-0.1, -0.05) is 0 Å². The molecule has 0 saturated heterocycles. The van der Waals surface area contributed by atoms with Crippen LogP contribution in [0.3, 0.4) is 0 Å². The summed E-state index contributed by atoms with van der Waals surface area (Å²) in [5, 5.41) is 39.7. The number of carbonyl (C=O) groups is 2. The highest BCUT2D eigenvalue weighted by Crippen LogP contribution is 2.20. The Morgan fingerprint density at radius 2 is 1.88 bits per heavy atom. The summed E-state index contributed by atoms with van der Waals surface area (Å²) in [6, 6.07) is -3.85. The number of aliphatic hydroxyl groups excluding tert-OH is 2. The molecule has 1 heterocycles. The molecule has 0 aliphatic carbocycles. The highest BCUT2D eigenvalue weighted by atomic mass is 16.4. The van der Waals surface area contributed by atoms with Crippen LogP contribution in [-0.4, -0.2) is 62.8 Å². The van der Waals surface area contributed by atoms with E-state index < -0.39 is 36.2 Å². The molecule has 4 atom stereocenters. The quantitative estimate of drug-likeness (QED) is 0.220. The van der Waals surface area contributed by atoms with Gasteiger partial charge in [0.1, 0.15) is 12.1 Å². The van der Waals surface area contributed by atoms with Crippen molar-refractivity contribution in [2.24, 2.45) is 11.5 Å². The maximum Gasteiger partial charge on any atom is 0.328 e. The maximum absolute atomic E-state index is 12.1. The molecule has 1 aromatic heterocycles. The van der Waals surface area contributed by atoms with Gasteiger partial charge in [-0.05, 0) is 32.7 Å². The number of nitrogens with zero attached hydrogens (tertiary/aromatic N) is 2. The molecule has 12 heteroatoms. The van der Waals surface area contributed by atoms with E-state index in [1.165, 1.54) is 6.92 Å². The van der Waals surface area contributed by atoms with Gasteiger partial charge in [-0.25, -0.2) is 9.59 Å². The fraction of sp³-hybridized carbons (Fsp3) is 0.714. The Hall–Kier alpha value is -2.28. The first-order chi connectivity index (χ1) is 12.3. The highest BCUT2D eigenvalue weighted by Gasteiger charge is 2.28. The third-order valence-electron chi connectivity index (χ3n) is 3.56. The second-order valence-electron chi connectivity index (χ2n) is 5.78. The standard InChI is InChI=1S/C14H26N6O6/c1-7(22)10(13(23)24)18-14(25)17-9(4-2-3-5-15)12-20-19-11(26-12)8(16)6-21/h7-10,21-22H,2-6,15-16H2,1H3,(H,23,24)(H2,17,18,25)/t7?,8-,9-,10?/m0/s1. The second-order valence-corrected chi connectivity index (χ2v) is 5.78. The Kier molecular flexibility index (Phi) is 8.92. The van der Waals surface area contributed by atoms with Crippen molar-refractivity contribution in [2.45, 2.75) is 50.4 Å². The lowest BCUT2D eigenvalue weighted by Gasteiger charge is -2.20. The number of carbonyl (C=O) groups excluding carboxylic acids is 1. The third-order valence-corrected chi connectivity index (χ3v) is 3.56. The summed E-state index contributed by atoms with van der Waals surface area (Å²) in [6.45, 7) is 1.33. The summed E-state index contributed by atoms with van der Waals surface area (Å²) in [6.07, 6.45) is 0.464. The van der Waals surface area contributed by atoms with Gasteiger partial charge in [-0.3, -0.25) is 0 Å². The zero-order chi connectivity index (χ0) is 19.7. The number of hydrogen-bond acceptors (Lipinski definition) is 9. The summed E-state index contributed by atoms with van der Waals surface area (Å²) in [5.74, 6) is -1.29. The van der Waals surface area contributed by atoms with Gasteiger partial charge in [0.2, 0.25) is 11.8 Å². The molecule has 0 aliphatic heterocycles. The molecular formula is C14H26N6O6. The Labute approximate surface area is 149 Å². The van der Waals surface area contributed by atoms with Crippen LogP contribution < -0.4 is 22.1 Å². The van der Waals surface area contributed by atoms with Crippen molar-refractivity contribution in [3.05, 3.63) is 11.8 Å². The maximum atomic E-state index is 12.1. The number of aromatic nitrogens is 2. The van der Waals surface area contributed by atoms with E-state index in [9.17, 15) is 14.7 Å². The number of nitrogens with two attached hydrogens (primary N) is 2. The number of carboxylic acid groups (broad SMARTS) is 1. The van der Waals surface area contributed by atoms with Gasteiger partial charge in [0, 0.05) is 0 Å². The van der Waals surface area contributed by atoms with Gasteiger partial charge in [0.05, 0.1) is 12.7 Å². The Balaban J connectivity index is 2.84. The van der Waals surface area contributed by atoms with Crippen LogP contribution in [0.4, 0.5) is 4.79 Å². The Bertz CT molecular complexity index is 580. The van der Waals surface area contributed by atoms with Crippen molar-refractivity contribution in [1.82, 2.24) is 20.8 Å². The normalized spacial score (nSPS) is 15.7. The van der Waals surface area contributed by atoms with E-state index >= 15 is 0 Å². The molecule has 0 radical (unpaired) electrons. The number of urea groups is 1. The fourth-order valence-electron chi connectivity index (χ4n) is 2.10. The fourth-order valence-corrected chi connectivity index (χ4v) is 2.10. The Morgan fingerprint density at radius 1 is 1.23 bits per heavy atom. The van der Waals surface area contributed by atoms with E-state index in [1.807, 2.05) is 0 Å². The van der Waals surface area contributed by atoms with Crippen molar-refractivity contribution in [2.75, 3.05) is 13.2 Å².